The van der Waals surface area contributed by atoms with Crippen molar-refractivity contribution in [2.45, 2.75) is 45.6 Å². The van der Waals surface area contributed by atoms with Gasteiger partial charge >= 0.3 is 0 Å². The van der Waals surface area contributed by atoms with Gasteiger partial charge < -0.3 is 20.6 Å². The van der Waals surface area contributed by atoms with E-state index in [4.69, 9.17) is 11.6 Å². The third-order valence-electron chi connectivity index (χ3n) is 6.84. The van der Waals surface area contributed by atoms with Gasteiger partial charge in [-0.25, -0.2) is 0 Å². The van der Waals surface area contributed by atoms with E-state index in [1.807, 2.05) is 6.92 Å². The molecule has 4 rings (SSSR count). The Morgan fingerprint density at radius 1 is 1.11 bits per heavy atom. The van der Waals surface area contributed by atoms with Crippen LogP contribution in [0.1, 0.15) is 60.4 Å². The van der Waals surface area contributed by atoms with E-state index in [0.29, 0.717) is 0 Å². The second-order valence-corrected chi connectivity index (χ2v) is 9.92. The molecule has 0 unspecified atom stereocenters. The lowest BCUT2D eigenvalue weighted by Gasteiger charge is -2.36. The molecule has 1 atom stereocenters. The number of hydrogen-bond donors (Lipinski definition) is 3. The molecule has 0 radical (unpaired) electrons. The predicted octanol–water partition coefficient (Wildman–Crippen LogP) is 3.92. The fourth-order valence-electron chi connectivity index (χ4n) is 4.77. The van der Waals surface area contributed by atoms with Crippen molar-refractivity contribution in [2.75, 3.05) is 24.7 Å². The summed E-state index contributed by atoms with van der Waals surface area (Å²) < 4.78 is 0. The van der Waals surface area contributed by atoms with Crippen LogP contribution in [0, 0.1) is 12.3 Å². The maximum Gasteiger partial charge on any atom is 0.258 e. The van der Waals surface area contributed by atoms with Crippen LogP contribution in [0.4, 0.5) is 17.1 Å². The number of rotatable bonds is 7. The average molecular weight is 498 g/mol. The van der Waals surface area contributed by atoms with Gasteiger partial charge in [-0.3, -0.25) is 24.4 Å². The standard InChI is InChI=1S/C25H28ClN5O4/c1-13-17(28-12-11-27-13)23(25(2)9-5-6-10-25)30-19-18(21(33)22(19)34)29-15-8-7-14(26)16(20(15)32)24(35)31(3)4/h7-8,11-12,23,29-30,32H,5-6,9-10H2,1-4H3/t23-/m0/s1. The molecule has 1 aromatic heterocycles. The Morgan fingerprint density at radius 2 is 1.74 bits per heavy atom. The van der Waals surface area contributed by atoms with Crippen molar-refractivity contribution in [2.24, 2.45) is 5.41 Å². The predicted molar refractivity (Wildman–Crippen MR) is 135 cm³/mol. The number of nitrogens with one attached hydrogen (secondary N) is 2. The molecule has 0 saturated heterocycles. The van der Waals surface area contributed by atoms with Crippen LogP contribution >= 0.6 is 11.6 Å². The number of anilines is 3. The quantitative estimate of drug-likeness (QED) is 0.331. The molecule has 35 heavy (non-hydrogen) atoms. The Kier molecular flexibility index (Phi) is 6.55. The SMILES string of the molecule is Cc1nccnc1[C@H](Nc1c(Nc2ccc(Cl)c(C(=O)N(C)C)c2O)c(=O)c1=O)C1(C)CCCC1. The summed E-state index contributed by atoms with van der Waals surface area (Å²) in [6, 6.07) is 2.56. The third-order valence-corrected chi connectivity index (χ3v) is 7.16. The lowest BCUT2D eigenvalue weighted by Crippen LogP contribution is -2.40. The first kappa shape index (κ1) is 24.7. The van der Waals surface area contributed by atoms with Crippen LogP contribution in [0.15, 0.2) is 34.1 Å². The van der Waals surface area contributed by atoms with Gasteiger partial charge in [-0.05, 0) is 37.3 Å². The number of benzene rings is 1. The molecule has 10 heteroatoms. The monoisotopic (exact) mass is 497 g/mol. The second-order valence-electron chi connectivity index (χ2n) is 9.52. The highest BCUT2D eigenvalue weighted by atomic mass is 35.5. The molecule has 1 amide bonds. The number of aromatic nitrogens is 2. The average Bonchev–Trinajstić information content (AvgIpc) is 3.27. The lowest BCUT2D eigenvalue weighted by molar-refractivity contribution is 0.0825. The highest BCUT2D eigenvalue weighted by molar-refractivity contribution is 6.34. The Balaban J connectivity index is 1.72. The highest BCUT2D eigenvalue weighted by Gasteiger charge is 2.41. The van der Waals surface area contributed by atoms with Gasteiger partial charge in [0.2, 0.25) is 0 Å². The molecule has 1 aliphatic carbocycles. The summed E-state index contributed by atoms with van der Waals surface area (Å²) in [4.78, 5) is 47.9. The third kappa shape index (κ3) is 4.36. The highest BCUT2D eigenvalue weighted by Crippen LogP contribution is 2.49. The number of aryl methyl sites for hydroxylation is 1. The Labute approximate surface area is 207 Å². The van der Waals surface area contributed by atoms with Crippen LogP contribution in [-0.4, -0.2) is 40.0 Å². The first-order chi connectivity index (χ1) is 16.5. The Hall–Kier alpha value is -3.46. The number of nitrogens with zero attached hydrogens (tertiary/aromatic N) is 3. The van der Waals surface area contributed by atoms with Gasteiger partial charge in [0.05, 0.1) is 28.1 Å². The van der Waals surface area contributed by atoms with Crippen LogP contribution in [-0.2, 0) is 0 Å². The van der Waals surface area contributed by atoms with Crippen LogP contribution in [0.2, 0.25) is 5.02 Å². The van der Waals surface area contributed by atoms with Gasteiger partial charge in [0.15, 0.2) is 5.75 Å². The summed E-state index contributed by atoms with van der Waals surface area (Å²) >= 11 is 6.15. The van der Waals surface area contributed by atoms with Gasteiger partial charge in [0, 0.05) is 26.5 Å². The van der Waals surface area contributed by atoms with E-state index in [2.05, 4.69) is 27.5 Å². The smallest absolute Gasteiger partial charge is 0.258 e. The zero-order valence-corrected chi connectivity index (χ0v) is 20.9. The zero-order valence-electron chi connectivity index (χ0n) is 20.1. The number of carbonyl (C=O) groups is 1. The van der Waals surface area contributed by atoms with Crippen LogP contribution in [0.25, 0.3) is 0 Å². The van der Waals surface area contributed by atoms with Crippen molar-refractivity contribution < 1.29 is 9.90 Å². The maximum absolute atomic E-state index is 12.6. The number of carbonyl (C=O) groups excluding carboxylic acids is 1. The molecule has 2 aromatic carbocycles. The first-order valence-corrected chi connectivity index (χ1v) is 11.8. The minimum atomic E-state index is -0.714. The fourth-order valence-corrected chi connectivity index (χ4v) is 5.00. The van der Waals surface area contributed by atoms with E-state index >= 15 is 0 Å². The second kappa shape index (κ2) is 9.30. The van der Waals surface area contributed by atoms with Crippen molar-refractivity contribution in [1.29, 1.82) is 0 Å². The minimum absolute atomic E-state index is 0.0176. The topological polar surface area (TPSA) is 125 Å². The van der Waals surface area contributed by atoms with Gasteiger partial charge in [-0.1, -0.05) is 31.4 Å². The van der Waals surface area contributed by atoms with Crippen molar-refractivity contribution in [1.82, 2.24) is 14.9 Å². The number of aromatic hydroxyl groups is 1. The normalized spacial score (nSPS) is 15.7. The summed E-state index contributed by atoms with van der Waals surface area (Å²) in [7, 11) is 3.07. The molecule has 1 saturated carbocycles. The molecule has 0 bridgehead atoms. The molecule has 3 N–H and O–H groups in total. The van der Waals surface area contributed by atoms with Crippen LogP contribution in [0.5, 0.6) is 5.75 Å². The summed E-state index contributed by atoms with van der Waals surface area (Å²) in [5.41, 5.74) is 0.0447. The molecule has 0 spiro atoms. The van der Waals surface area contributed by atoms with Crippen LogP contribution in [0.3, 0.4) is 0 Å². The van der Waals surface area contributed by atoms with Crippen molar-refractivity contribution in [3.63, 3.8) is 0 Å². The summed E-state index contributed by atoms with van der Waals surface area (Å²) in [5, 5.41) is 17.0. The molecular weight excluding hydrogens is 470 g/mol. The fraction of sp³-hybridized carbons (Fsp3) is 0.400. The molecule has 9 nitrogen and oxygen atoms in total. The molecule has 3 aromatic rings. The molecule has 1 heterocycles. The van der Waals surface area contributed by atoms with E-state index in [1.54, 1.807) is 12.4 Å². The van der Waals surface area contributed by atoms with E-state index in [-0.39, 0.29) is 39.1 Å². The number of halogens is 1. The van der Waals surface area contributed by atoms with Gasteiger partial charge in [0.25, 0.3) is 16.8 Å². The molecular formula is C25H28ClN5O4. The number of amides is 1. The summed E-state index contributed by atoms with van der Waals surface area (Å²) in [6.07, 6.45) is 7.23. The van der Waals surface area contributed by atoms with E-state index in [9.17, 15) is 19.5 Å². The molecule has 1 fully saturated rings. The Morgan fingerprint density at radius 3 is 2.37 bits per heavy atom. The molecule has 0 aliphatic heterocycles. The summed E-state index contributed by atoms with van der Waals surface area (Å²) in [5.74, 6) is -0.897. The molecule has 1 aliphatic rings. The van der Waals surface area contributed by atoms with E-state index in [1.165, 1.54) is 31.1 Å². The first-order valence-electron chi connectivity index (χ1n) is 11.4. The zero-order chi connectivity index (χ0) is 25.5. The van der Waals surface area contributed by atoms with E-state index in [0.717, 1.165) is 37.1 Å². The number of phenols is 1. The van der Waals surface area contributed by atoms with Gasteiger partial charge in [0.1, 0.15) is 16.9 Å². The summed E-state index contributed by atoms with van der Waals surface area (Å²) in [6.45, 7) is 4.01. The maximum atomic E-state index is 12.6. The largest absolute Gasteiger partial charge is 0.505 e. The van der Waals surface area contributed by atoms with E-state index < -0.39 is 22.5 Å². The van der Waals surface area contributed by atoms with Crippen molar-refractivity contribution >= 4 is 34.6 Å². The van der Waals surface area contributed by atoms with Crippen molar-refractivity contribution in [3.05, 3.63) is 66.9 Å². The number of hydrogen-bond acceptors (Lipinski definition) is 8. The van der Waals surface area contributed by atoms with Gasteiger partial charge in [-0.2, -0.15) is 0 Å². The molecule has 184 valence electrons. The Bertz CT molecular complexity index is 1360. The van der Waals surface area contributed by atoms with Crippen molar-refractivity contribution in [3.8, 4) is 5.75 Å². The van der Waals surface area contributed by atoms with Crippen LogP contribution < -0.4 is 21.5 Å². The lowest BCUT2D eigenvalue weighted by atomic mass is 9.78. The van der Waals surface area contributed by atoms with Gasteiger partial charge in [-0.15, -0.1) is 0 Å². The minimum Gasteiger partial charge on any atom is -0.505 e. The number of phenolic OH excluding ortho intramolecular Hbond substituents is 1.